The quantitative estimate of drug-likeness (QED) is 0.591. The summed E-state index contributed by atoms with van der Waals surface area (Å²) in [6.45, 7) is 8.73. The predicted molar refractivity (Wildman–Crippen MR) is 91.8 cm³/mol. The molecule has 0 radical (unpaired) electrons. The van der Waals surface area contributed by atoms with Gasteiger partial charge in [0.05, 0.1) is 0 Å². The van der Waals surface area contributed by atoms with E-state index < -0.39 is 0 Å². The number of unbranched alkanes of at least 4 members (excludes halogenated alkanes) is 1. The minimum atomic E-state index is 0.866. The van der Waals surface area contributed by atoms with Crippen LogP contribution in [0.4, 0.5) is 5.82 Å². The summed E-state index contributed by atoms with van der Waals surface area (Å²) < 4.78 is 0. The summed E-state index contributed by atoms with van der Waals surface area (Å²) in [6.07, 6.45) is 6.12. The van der Waals surface area contributed by atoms with Crippen molar-refractivity contribution in [1.29, 1.82) is 0 Å². The second-order valence-corrected chi connectivity index (χ2v) is 5.29. The van der Waals surface area contributed by atoms with E-state index in [2.05, 4.69) is 55.0 Å². The highest BCUT2D eigenvalue weighted by atomic mass is 15.2. The Morgan fingerprint density at radius 1 is 1.29 bits per heavy atom. The van der Waals surface area contributed by atoms with Crippen LogP contribution >= 0.6 is 0 Å². The molecule has 0 aliphatic rings. The Hall–Kier alpha value is -1.87. The first-order valence-corrected chi connectivity index (χ1v) is 7.67. The summed E-state index contributed by atoms with van der Waals surface area (Å²) in [7, 11) is 2.11. The maximum atomic E-state index is 4.70. The lowest BCUT2D eigenvalue weighted by Gasteiger charge is -2.21. The number of nitrogens with zero attached hydrogens (tertiary/aromatic N) is 2. The van der Waals surface area contributed by atoms with E-state index in [1.807, 2.05) is 12.3 Å². The van der Waals surface area contributed by atoms with E-state index in [-0.39, 0.29) is 0 Å². The third-order valence-electron chi connectivity index (χ3n) is 3.69. The topological polar surface area (TPSA) is 28.2 Å². The molecule has 0 saturated carbocycles. The van der Waals surface area contributed by atoms with Crippen LogP contribution in [-0.4, -0.2) is 25.1 Å². The van der Waals surface area contributed by atoms with E-state index in [0.717, 1.165) is 38.3 Å². The molecular formula is C18H25N3. The van der Waals surface area contributed by atoms with E-state index in [1.165, 1.54) is 16.3 Å². The van der Waals surface area contributed by atoms with Gasteiger partial charge in [0, 0.05) is 31.7 Å². The molecule has 0 fully saturated rings. The van der Waals surface area contributed by atoms with Crippen molar-refractivity contribution in [2.75, 3.05) is 25.0 Å². The molecule has 0 aliphatic heterocycles. The van der Waals surface area contributed by atoms with Crippen LogP contribution in [0.15, 0.2) is 43.1 Å². The third kappa shape index (κ3) is 3.82. The fourth-order valence-electron chi connectivity index (χ4n) is 2.52. The van der Waals surface area contributed by atoms with Crippen LogP contribution in [0.5, 0.6) is 0 Å². The molecule has 1 heterocycles. The molecule has 0 spiro atoms. The monoisotopic (exact) mass is 283 g/mol. The smallest absolute Gasteiger partial charge is 0.136 e. The van der Waals surface area contributed by atoms with Gasteiger partial charge >= 0.3 is 0 Å². The number of nitrogens with one attached hydrogen (secondary N) is 1. The van der Waals surface area contributed by atoms with E-state index in [0.29, 0.717) is 0 Å². The Morgan fingerprint density at radius 2 is 2.05 bits per heavy atom. The van der Waals surface area contributed by atoms with Crippen molar-refractivity contribution in [3.8, 4) is 0 Å². The number of rotatable bonds is 8. The first-order valence-electron chi connectivity index (χ1n) is 7.67. The zero-order valence-corrected chi connectivity index (χ0v) is 13.1. The molecule has 2 rings (SSSR count). The number of aromatic nitrogens is 1. The van der Waals surface area contributed by atoms with Crippen LogP contribution in [0.2, 0.25) is 0 Å². The highest BCUT2D eigenvalue weighted by molar-refractivity contribution is 5.94. The number of hydrogen-bond acceptors (Lipinski definition) is 3. The molecule has 1 N–H and O–H groups in total. The van der Waals surface area contributed by atoms with Crippen molar-refractivity contribution in [3.05, 3.63) is 48.7 Å². The van der Waals surface area contributed by atoms with Gasteiger partial charge in [-0.3, -0.25) is 0 Å². The Labute approximate surface area is 127 Å². The highest BCUT2D eigenvalue weighted by Gasteiger charge is 2.10. The number of hydrogen-bond donors (Lipinski definition) is 1. The lowest BCUT2D eigenvalue weighted by atomic mass is 10.1. The second kappa shape index (κ2) is 7.79. The summed E-state index contributed by atoms with van der Waals surface area (Å²) in [4.78, 5) is 6.94. The van der Waals surface area contributed by atoms with Crippen LogP contribution in [0.1, 0.15) is 25.3 Å². The van der Waals surface area contributed by atoms with Gasteiger partial charge in [-0.1, -0.05) is 37.3 Å². The molecule has 0 atom stereocenters. The Morgan fingerprint density at radius 3 is 2.76 bits per heavy atom. The summed E-state index contributed by atoms with van der Waals surface area (Å²) in [5.74, 6) is 1.06. The fourth-order valence-corrected chi connectivity index (χ4v) is 2.52. The van der Waals surface area contributed by atoms with Gasteiger partial charge in [-0.25, -0.2) is 4.98 Å². The van der Waals surface area contributed by atoms with Gasteiger partial charge in [-0.2, -0.15) is 0 Å². The van der Waals surface area contributed by atoms with Gasteiger partial charge in [0.15, 0.2) is 0 Å². The van der Waals surface area contributed by atoms with Crippen molar-refractivity contribution >= 4 is 16.6 Å². The van der Waals surface area contributed by atoms with Crippen molar-refractivity contribution in [2.24, 2.45) is 0 Å². The Kier molecular flexibility index (Phi) is 5.76. The van der Waals surface area contributed by atoms with Gasteiger partial charge in [0.25, 0.3) is 0 Å². The van der Waals surface area contributed by atoms with Gasteiger partial charge in [-0.15, -0.1) is 6.58 Å². The molecule has 0 bridgehead atoms. The Bertz CT molecular complexity index is 592. The maximum absolute atomic E-state index is 4.70. The molecule has 21 heavy (non-hydrogen) atoms. The fraction of sp³-hybridized carbons (Fsp3) is 0.389. The SMILES string of the molecule is C=CCCCN(C)c1ncc(CNCC)c2ccccc12. The van der Waals surface area contributed by atoms with Crippen LogP contribution in [0.25, 0.3) is 10.8 Å². The molecule has 0 amide bonds. The van der Waals surface area contributed by atoms with E-state index in [9.17, 15) is 0 Å². The van der Waals surface area contributed by atoms with Crippen LogP contribution in [-0.2, 0) is 6.54 Å². The molecule has 0 saturated heterocycles. The largest absolute Gasteiger partial charge is 0.359 e. The predicted octanol–water partition coefficient (Wildman–Crippen LogP) is 3.75. The Balaban J connectivity index is 2.30. The second-order valence-electron chi connectivity index (χ2n) is 5.29. The molecule has 1 aromatic heterocycles. The van der Waals surface area contributed by atoms with Crippen molar-refractivity contribution in [2.45, 2.75) is 26.3 Å². The molecule has 2 aromatic rings. The molecule has 3 heteroatoms. The summed E-state index contributed by atoms with van der Waals surface area (Å²) >= 11 is 0. The van der Waals surface area contributed by atoms with Crippen LogP contribution in [0.3, 0.4) is 0 Å². The first-order chi connectivity index (χ1) is 10.3. The maximum Gasteiger partial charge on any atom is 0.136 e. The molecular weight excluding hydrogens is 258 g/mol. The standard InChI is InChI=1S/C18H25N3/c1-4-6-9-12-21(3)18-17-11-8-7-10-16(17)15(14-20-18)13-19-5-2/h4,7-8,10-11,14,19H,1,5-6,9,12-13H2,2-3H3. The number of anilines is 1. The van der Waals surface area contributed by atoms with E-state index in [1.54, 1.807) is 0 Å². The average Bonchev–Trinajstić information content (AvgIpc) is 2.52. The summed E-state index contributed by atoms with van der Waals surface area (Å²) in [5.41, 5.74) is 1.26. The van der Waals surface area contributed by atoms with Gasteiger partial charge in [0.2, 0.25) is 0 Å². The highest BCUT2D eigenvalue weighted by Crippen LogP contribution is 2.26. The van der Waals surface area contributed by atoms with Crippen molar-refractivity contribution in [3.63, 3.8) is 0 Å². The van der Waals surface area contributed by atoms with Gasteiger partial charge in [0.1, 0.15) is 5.82 Å². The average molecular weight is 283 g/mol. The summed E-state index contributed by atoms with van der Waals surface area (Å²) in [6, 6.07) is 8.53. The minimum absolute atomic E-state index is 0.866. The van der Waals surface area contributed by atoms with Gasteiger partial charge in [-0.05, 0) is 30.3 Å². The number of pyridine rings is 1. The first kappa shape index (κ1) is 15.5. The molecule has 1 aromatic carbocycles. The number of fused-ring (bicyclic) bond motifs is 1. The number of benzene rings is 1. The lowest BCUT2D eigenvalue weighted by Crippen LogP contribution is -2.20. The summed E-state index contributed by atoms with van der Waals surface area (Å²) in [5, 5.41) is 5.90. The zero-order valence-electron chi connectivity index (χ0n) is 13.1. The molecule has 0 aliphatic carbocycles. The molecule has 112 valence electrons. The lowest BCUT2D eigenvalue weighted by molar-refractivity contribution is 0.727. The van der Waals surface area contributed by atoms with Gasteiger partial charge < -0.3 is 10.2 Å². The zero-order chi connectivity index (χ0) is 15.1. The third-order valence-corrected chi connectivity index (χ3v) is 3.69. The van der Waals surface area contributed by atoms with Crippen molar-refractivity contribution in [1.82, 2.24) is 10.3 Å². The molecule has 3 nitrogen and oxygen atoms in total. The normalized spacial score (nSPS) is 10.8. The van der Waals surface area contributed by atoms with E-state index >= 15 is 0 Å². The van der Waals surface area contributed by atoms with Crippen LogP contribution in [0, 0.1) is 0 Å². The van der Waals surface area contributed by atoms with Crippen LogP contribution < -0.4 is 10.2 Å². The van der Waals surface area contributed by atoms with Crippen molar-refractivity contribution < 1.29 is 0 Å². The molecule has 0 unspecified atom stereocenters. The van der Waals surface area contributed by atoms with E-state index in [4.69, 9.17) is 4.98 Å². The number of allylic oxidation sites excluding steroid dienone is 1. The minimum Gasteiger partial charge on any atom is -0.359 e.